The highest BCUT2D eigenvalue weighted by atomic mass is 16.5. The van der Waals surface area contributed by atoms with Crippen LogP contribution in [0.3, 0.4) is 0 Å². The monoisotopic (exact) mass is 368 g/mol. The second kappa shape index (κ2) is 7.70. The molecule has 2 aromatic carbocycles. The van der Waals surface area contributed by atoms with E-state index in [4.69, 9.17) is 9.47 Å². The van der Waals surface area contributed by atoms with Crippen LogP contribution in [-0.4, -0.2) is 33.1 Å². The molecule has 1 atom stereocenters. The van der Waals surface area contributed by atoms with Crippen LogP contribution in [0.15, 0.2) is 48.5 Å². The summed E-state index contributed by atoms with van der Waals surface area (Å²) in [5.74, 6) is 0.952. The number of carbonyl (C=O) groups is 2. The average molecular weight is 368 g/mol. The molecule has 1 saturated carbocycles. The van der Waals surface area contributed by atoms with E-state index in [-0.39, 0.29) is 11.8 Å². The molecule has 2 N–H and O–H groups in total. The van der Waals surface area contributed by atoms with Crippen LogP contribution in [0.2, 0.25) is 0 Å². The number of amides is 2. The summed E-state index contributed by atoms with van der Waals surface area (Å²) in [6, 6.07) is 13.9. The first-order valence-electron chi connectivity index (χ1n) is 8.85. The zero-order chi connectivity index (χ0) is 19.4. The zero-order valence-corrected chi connectivity index (χ0v) is 15.7. The number of likely N-dealkylation sites (N-methyl/N-ethyl adjacent to an activating group) is 1. The second-order valence-electron chi connectivity index (χ2n) is 6.61. The Kier molecular flexibility index (Phi) is 5.35. The third kappa shape index (κ3) is 3.74. The molecule has 0 radical (unpaired) electrons. The van der Waals surface area contributed by atoms with Crippen molar-refractivity contribution in [1.29, 1.82) is 0 Å². The Morgan fingerprint density at radius 1 is 1.00 bits per heavy atom. The Balaban J connectivity index is 1.84. The molecule has 1 fully saturated rings. The molecule has 3 rings (SSSR count). The van der Waals surface area contributed by atoms with Crippen LogP contribution < -0.4 is 20.1 Å². The summed E-state index contributed by atoms with van der Waals surface area (Å²) in [7, 11) is 4.73. The van der Waals surface area contributed by atoms with E-state index in [1.165, 1.54) is 0 Å². The minimum Gasteiger partial charge on any atom is -0.497 e. The molecule has 0 aromatic heterocycles. The number of ether oxygens (including phenoxy) is 2. The van der Waals surface area contributed by atoms with Gasteiger partial charge in [0.25, 0.3) is 0 Å². The molecule has 2 amide bonds. The van der Waals surface area contributed by atoms with E-state index in [9.17, 15) is 9.59 Å². The van der Waals surface area contributed by atoms with E-state index in [2.05, 4.69) is 10.6 Å². The lowest BCUT2D eigenvalue weighted by atomic mass is 9.94. The third-order valence-corrected chi connectivity index (χ3v) is 5.04. The van der Waals surface area contributed by atoms with E-state index in [1.54, 1.807) is 45.5 Å². The van der Waals surface area contributed by atoms with Crippen molar-refractivity contribution in [2.24, 2.45) is 0 Å². The maximum Gasteiger partial charge on any atom is 0.246 e. The van der Waals surface area contributed by atoms with Gasteiger partial charge in [0.15, 0.2) is 0 Å². The van der Waals surface area contributed by atoms with Crippen molar-refractivity contribution in [2.45, 2.75) is 24.3 Å². The van der Waals surface area contributed by atoms with E-state index in [1.807, 2.05) is 24.3 Å². The largest absolute Gasteiger partial charge is 0.497 e. The van der Waals surface area contributed by atoms with Crippen LogP contribution in [0.1, 0.15) is 30.0 Å². The second-order valence-corrected chi connectivity index (χ2v) is 6.61. The quantitative estimate of drug-likeness (QED) is 0.786. The molecular weight excluding hydrogens is 344 g/mol. The lowest BCUT2D eigenvalue weighted by Gasteiger charge is -2.22. The summed E-state index contributed by atoms with van der Waals surface area (Å²) in [5, 5.41) is 5.55. The molecule has 142 valence electrons. The number of hydrogen-bond donors (Lipinski definition) is 2. The van der Waals surface area contributed by atoms with Crippen molar-refractivity contribution in [3.05, 3.63) is 59.7 Å². The molecule has 6 nitrogen and oxygen atoms in total. The Bertz CT molecular complexity index is 828. The third-order valence-electron chi connectivity index (χ3n) is 5.04. The Hall–Kier alpha value is -3.02. The minimum atomic E-state index is -0.784. The Labute approximate surface area is 158 Å². The van der Waals surface area contributed by atoms with Gasteiger partial charge in [0.2, 0.25) is 11.8 Å². The van der Waals surface area contributed by atoms with Crippen LogP contribution in [0.4, 0.5) is 0 Å². The molecule has 6 heteroatoms. The van der Waals surface area contributed by atoms with Crippen molar-refractivity contribution in [3.63, 3.8) is 0 Å². The van der Waals surface area contributed by atoms with Crippen LogP contribution in [0, 0.1) is 0 Å². The number of nitrogens with one attached hydrogen (secondary N) is 2. The fourth-order valence-electron chi connectivity index (χ4n) is 3.22. The standard InChI is InChI=1S/C21H24N2O4/c1-22-19(24)18(14-5-4-6-17(13-14)27-3)23-20(25)21(11-12-21)15-7-9-16(26-2)10-8-15/h4-10,13,18H,11-12H2,1-3H3,(H,22,24)(H,23,25)/t18-/m0/s1. The fourth-order valence-corrected chi connectivity index (χ4v) is 3.22. The molecule has 27 heavy (non-hydrogen) atoms. The van der Waals surface area contributed by atoms with Gasteiger partial charge in [-0.3, -0.25) is 9.59 Å². The predicted octanol–water partition coefficient (Wildman–Crippen LogP) is 2.34. The lowest BCUT2D eigenvalue weighted by Crippen LogP contribution is -2.43. The molecule has 0 bridgehead atoms. The molecule has 1 aliphatic rings. The van der Waals surface area contributed by atoms with E-state index in [0.717, 1.165) is 24.2 Å². The van der Waals surface area contributed by atoms with Gasteiger partial charge >= 0.3 is 0 Å². The summed E-state index contributed by atoms with van der Waals surface area (Å²) in [6.07, 6.45) is 1.51. The summed E-state index contributed by atoms with van der Waals surface area (Å²) < 4.78 is 10.4. The molecule has 0 spiro atoms. The maximum absolute atomic E-state index is 13.1. The van der Waals surface area contributed by atoms with Gasteiger partial charge in [-0.05, 0) is 48.2 Å². The van der Waals surface area contributed by atoms with Crippen LogP contribution in [0.25, 0.3) is 0 Å². The smallest absolute Gasteiger partial charge is 0.246 e. The van der Waals surface area contributed by atoms with Gasteiger partial charge in [-0.15, -0.1) is 0 Å². The SMILES string of the molecule is CNC(=O)[C@@H](NC(=O)C1(c2ccc(OC)cc2)CC1)c1cccc(OC)c1. The van der Waals surface area contributed by atoms with Gasteiger partial charge in [0, 0.05) is 7.05 Å². The van der Waals surface area contributed by atoms with Gasteiger partial charge in [-0.1, -0.05) is 24.3 Å². The van der Waals surface area contributed by atoms with Crippen molar-refractivity contribution in [1.82, 2.24) is 10.6 Å². The molecule has 1 aliphatic carbocycles. The minimum absolute atomic E-state index is 0.149. The Morgan fingerprint density at radius 3 is 2.22 bits per heavy atom. The summed E-state index contributed by atoms with van der Waals surface area (Å²) in [5.41, 5.74) is 1.02. The van der Waals surface area contributed by atoms with E-state index < -0.39 is 11.5 Å². The lowest BCUT2D eigenvalue weighted by molar-refractivity contribution is -0.130. The van der Waals surface area contributed by atoms with Crippen molar-refractivity contribution in [3.8, 4) is 11.5 Å². The highest BCUT2D eigenvalue weighted by Crippen LogP contribution is 2.49. The molecule has 0 unspecified atom stereocenters. The van der Waals surface area contributed by atoms with Gasteiger partial charge in [0.1, 0.15) is 17.5 Å². The van der Waals surface area contributed by atoms with E-state index >= 15 is 0 Å². The van der Waals surface area contributed by atoms with E-state index in [0.29, 0.717) is 11.3 Å². The Morgan fingerprint density at radius 2 is 1.67 bits per heavy atom. The molecular formula is C21H24N2O4. The van der Waals surface area contributed by atoms with Crippen LogP contribution >= 0.6 is 0 Å². The molecule has 0 heterocycles. The maximum atomic E-state index is 13.1. The van der Waals surface area contributed by atoms with Crippen molar-refractivity contribution >= 4 is 11.8 Å². The number of methoxy groups -OCH3 is 2. The summed E-state index contributed by atoms with van der Waals surface area (Å²) >= 11 is 0. The highest BCUT2D eigenvalue weighted by molar-refractivity contribution is 5.95. The number of rotatable bonds is 7. The first kappa shape index (κ1) is 18.8. The number of benzene rings is 2. The zero-order valence-electron chi connectivity index (χ0n) is 15.7. The fraction of sp³-hybridized carbons (Fsp3) is 0.333. The van der Waals surface area contributed by atoms with Gasteiger partial charge in [-0.25, -0.2) is 0 Å². The number of carbonyl (C=O) groups excluding carboxylic acids is 2. The van der Waals surface area contributed by atoms with Crippen LogP contribution in [-0.2, 0) is 15.0 Å². The first-order chi connectivity index (χ1) is 13.0. The van der Waals surface area contributed by atoms with Crippen molar-refractivity contribution in [2.75, 3.05) is 21.3 Å². The average Bonchev–Trinajstić information content (AvgIpc) is 3.53. The number of hydrogen-bond acceptors (Lipinski definition) is 4. The van der Waals surface area contributed by atoms with Crippen LogP contribution in [0.5, 0.6) is 11.5 Å². The van der Waals surface area contributed by atoms with Gasteiger partial charge in [0.05, 0.1) is 19.6 Å². The summed E-state index contributed by atoms with van der Waals surface area (Å²) in [4.78, 5) is 25.5. The topological polar surface area (TPSA) is 76.7 Å². The normalized spacial score (nSPS) is 15.4. The molecule has 0 aliphatic heterocycles. The first-order valence-corrected chi connectivity index (χ1v) is 8.85. The highest BCUT2D eigenvalue weighted by Gasteiger charge is 2.52. The predicted molar refractivity (Wildman–Crippen MR) is 102 cm³/mol. The van der Waals surface area contributed by atoms with Gasteiger partial charge in [-0.2, -0.15) is 0 Å². The summed E-state index contributed by atoms with van der Waals surface area (Å²) in [6.45, 7) is 0. The van der Waals surface area contributed by atoms with Gasteiger partial charge < -0.3 is 20.1 Å². The molecule has 0 saturated heterocycles. The molecule has 2 aromatic rings. The van der Waals surface area contributed by atoms with Crippen molar-refractivity contribution < 1.29 is 19.1 Å².